The van der Waals surface area contributed by atoms with Gasteiger partial charge in [0.05, 0.1) is 0 Å². The lowest BCUT2D eigenvalue weighted by Gasteiger charge is -2.04. The van der Waals surface area contributed by atoms with Gasteiger partial charge in [-0.2, -0.15) is 0 Å². The monoisotopic (exact) mass is 300 g/mol. The molecule has 0 atom stereocenters. The molecule has 22 heavy (non-hydrogen) atoms. The second-order valence-electron chi connectivity index (χ2n) is 5.60. The largest absolute Gasteiger partial charge is 0.143 e. The van der Waals surface area contributed by atoms with Crippen molar-refractivity contribution in [2.75, 3.05) is 0 Å². The van der Waals surface area contributed by atoms with Crippen LogP contribution in [0.1, 0.15) is 16.7 Å². The van der Waals surface area contributed by atoms with E-state index in [0.29, 0.717) is 0 Å². The van der Waals surface area contributed by atoms with Gasteiger partial charge in [-0.3, -0.25) is 0 Å². The number of rotatable bonds is 2. The molecule has 1 heteroatoms. The molecule has 0 spiro atoms. The van der Waals surface area contributed by atoms with Gasteiger partial charge in [-0.05, 0) is 46.3 Å². The third-order valence-electron chi connectivity index (χ3n) is 3.99. The van der Waals surface area contributed by atoms with E-state index in [0.717, 1.165) is 0 Å². The molecule has 0 radical (unpaired) electrons. The summed E-state index contributed by atoms with van der Waals surface area (Å²) in [5.74, 6) is 0. The van der Waals surface area contributed by atoms with Crippen molar-refractivity contribution in [3.05, 3.63) is 82.7 Å². The zero-order valence-electron chi connectivity index (χ0n) is 12.4. The van der Waals surface area contributed by atoms with Crippen molar-refractivity contribution in [2.24, 2.45) is 0 Å². The van der Waals surface area contributed by atoms with E-state index in [4.69, 9.17) is 0 Å². The average molecular weight is 300 g/mol. The molecule has 0 unspecified atom stereocenters. The SMILES string of the molecule is Cc1cccc(/C=C\c2cc3ccccc3c3ccsc23)c1. The third-order valence-corrected chi connectivity index (χ3v) is 4.95. The van der Waals surface area contributed by atoms with Gasteiger partial charge in [0.1, 0.15) is 0 Å². The van der Waals surface area contributed by atoms with E-state index in [-0.39, 0.29) is 0 Å². The highest BCUT2D eigenvalue weighted by Gasteiger charge is 2.05. The van der Waals surface area contributed by atoms with Gasteiger partial charge in [-0.1, -0.05) is 66.2 Å². The minimum absolute atomic E-state index is 1.25. The molecule has 4 aromatic rings. The Labute approximate surface area is 134 Å². The molecule has 0 fully saturated rings. The molecule has 0 aliphatic heterocycles. The number of fused-ring (bicyclic) bond motifs is 3. The molecular weight excluding hydrogens is 284 g/mol. The molecule has 3 aromatic carbocycles. The fourth-order valence-corrected chi connectivity index (χ4v) is 3.84. The molecule has 0 aliphatic carbocycles. The van der Waals surface area contributed by atoms with E-state index in [9.17, 15) is 0 Å². The second kappa shape index (κ2) is 5.43. The Bertz CT molecular complexity index is 989. The predicted octanol–water partition coefficient (Wildman–Crippen LogP) is 6.53. The molecule has 0 amide bonds. The van der Waals surface area contributed by atoms with Gasteiger partial charge < -0.3 is 0 Å². The van der Waals surface area contributed by atoms with Crippen LogP contribution in [0.2, 0.25) is 0 Å². The van der Waals surface area contributed by atoms with Gasteiger partial charge in [-0.15, -0.1) is 11.3 Å². The number of hydrogen-bond donors (Lipinski definition) is 0. The summed E-state index contributed by atoms with van der Waals surface area (Å²) in [7, 11) is 0. The summed E-state index contributed by atoms with van der Waals surface area (Å²) in [6, 6.07) is 21.7. The van der Waals surface area contributed by atoms with Crippen molar-refractivity contribution in [3.8, 4) is 0 Å². The third kappa shape index (κ3) is 2.34. The van der Waals surface area contributed by atoms with Crippen molar-refractivity contribution < 1.29 is 0 Å². The van der Waals surface area contributed by atoms with Crippen molar-refractivity contribution >= 4 is 44.3 Å². The second-order valence-corrected chi connectivity index (χ2v) is 6.51. The van der Waals surface area contributed by atoms with Gasteiger partial charge in [0.15, 0.2) is 0 Å². The molecule has 0 N–H and O–H groups in total. The van der Waals surface area contributed by atoms with Crippen LogP contribution in [-0.4, -0.2) is 0 Å². The van der Waals surface area contributed by atoms with E-state index in [1.54, 1.807) is 0 Å². The van der Waals surface area contributed by atoms with E-state index < -0.39 is 0 Å². The van der Waals surface area contributed by atoms with Crippen LogP contribution in [0.4, 0.5) is 0 Å². The lowest BCUT2D eigenvalue weighted by molar-refractivity contribution is 1.46. The molecular formula is C21H16S. The molecule has 0 aliphatic rings. The minimum atomic E-state index is 1.25. The van der Waals surface area contributed by atoms with Crippen LogP contribution in [-0.2, 0) is 0 Å². The van der Waals surface area contributed by atoms with Crippen molar-refractivity contribution in [1.29, 1.82) is 0 Å². The van der Waals surface area contributed by atoms with Crippen LogP contribution >= 0.6 is 11.3 Å². The number of aryl methyl sites for hydroxylation is 1. The van der Waals surface area contributed by atoms with Crippen molar-refractivity contribution in [3.63, 3.8) is 0 Å². The van der Waals surface area contributed by atoms with Gasteiger partial charge in [0.25, 0.3) is 0 Å². The Balaban J connectivity index is 1.88. The maximum absolute atomic E-state index is 2.29. The Morgan fingerprint density at radius 3 is 2.64 bits per heavy atom. The lowest BCUT2D eigenvalue weighted by atomic mass is 10.0. The van der Waals surface area contributed by atoms with Gasteiger partial charge in [-0.25, -0.2) is 0 Å². The number of benzene rings is 3. The summed E-state index contributed by atoms with van der Waals surface area (Å²) in [4.78, 5) is 0. The molecule has 0 saturated carbocycles. The van der Waals surface area contributed by atoms with Crippen LogP contribution in [0.3, 0.4) is 0 Å². The first-order chi connectivity index (χ1) is 10.8. The van der Waals surface area contributed by atoms with Gasteiger partial charge >= 0.3 is 0 Å². The molecule has 1 aromatic heterocycles. The van der Waals surface area contributed by atoms with Crippen molar-refractivity contribution in [2.45, 2.75) is 6.92 Å². The summed E-state index contributed by atoms with van der Waals surface area (Å²) in [5, 5.41) is 6.18. The first-order valence-electron chi connectivity index (χ1n) is 7.45. The smallest absolute Gasteiger partial charge is 0.0421 e. The summed E-state index contributed by atoms with van der Waals surface area (Å²) in [6.45, 7) is 2.13. The van der Waals surface area contributed by atoms with Crippen LogP contribution < -0.4 is 0 Å². The quantitative estimate of drug-likeness (QED) is 0.369. The van der Waals surface area contributed by atoms with Gasteiger partial charge in [0.2, 0.25) is 0 Å². The van der Waals surface area contributed by atoms with E-state index in [1.807, 2.05) is 11.3 Å². The zero-order valence-corrected chi connectivity index (χ0v) is 13.2. The van der Waals surface area contributed by atoms with Crippen molar-refractivity contribution in [1.82, 2.24) is 0 Å². The Kier molecular flexibility index (Phi) is 3.28. The Hall–Kier alpha value is -2.38. The summed E-state index contributed by atoms with van der Waals surface area (Å²) >= 11 is 1.82. The van der Waals surface area contributed by atoms with Crippen LogP contribution in [0.25, 0.3) is 33.0 Å². The Morgan fingerprint density at radius 1 is 0.818 bits per heavy atom. The van der Waals surface area contributed by atoms with Crippen LogP contribution in [0, 0.1) is 6.92 Å². The highest BCUT2D eigenvalue weighted by atomic mass is 32.1. The molecule has 106 valence electrons. The molecule has 0 saturated heterocycles. The van der Waals surface area contributed by atoms with Crippen LogP contribution in [0.15, 0.2) is 66.0 Å². The highest BCUT2D eigenvalue weighted by molar-refractivity contribution is 7.17. The fourth-order valence-electron chi connectivity index (χ4n) is 2.93. The molecule has 0 bridgehead atoms. The standard InChI is InChI=1S/C21H16S/c1-15-5-4-6-16(13-15)9-10-18-14-17-7-2-3-8-19(17)20-11-12-22-21(18)20/h2-14H,1H3/b10-9-. The minimum Gasteiger partial charge on any atom is -0.143 e. The fraction of sp³-hybridized carbons (Fsp3) is 0.0476. The highest BCUT2D eigenvalue weighted by Crippen LogP contribution is 2.33. The van der Waals surface area contributed by atoms with E-state index in [2.05, 4.69) is 85.1 Å². The molecule has 1 heterocycles. The average Bonchev–Trinajstić information content (AvgIpc) is 3.03. The first-order valence-corrected chi connectivity index (χ1v) is 8.33. The molecule has 0 nitrogen and oxygen atoms in total. The van der Waals surface area contributed by atoms with E-state index >= 15 is 0 Å². The predicted molar refractivity (Wildman–Crippen MR) is 99.4 cm³/mol. The first kappa shape index (κ1) is 13.3. The lowest BCUT2D eigenvalue weighted by Crippen LogP contribution is -1.79. The number of thiophene rings is 1. The summed E-state index contributed by atoms with van der Waals surface area (Å²) < 4.78 is 1.36. The normalized spacial score (nSPS) is 11.7. The number of hydrogen-bond acceptors (Lipinski definition) is 1. The Morgan fingerprint density at radius 2 is 1.73 bits per heavy atom. The maximum Gasteiger partial charge on any atom is 0.0421 e. The van der Waals surface area contributed by atoms with E-state index in [1.165, 1.54) is 37.5 Å². The molecule has 4 rings (SSSR count). The zero-order chi connectivity index (χ0) is 14.9. The van der Waals surface area contributed by atoms with Gasteiger partial charge in [0, 0.05) is 10.1 Å². The topological polar surface area (TPSA) is 0 Å². The maximum atomic E-state index is 2.29. The summed E-state index contributed by atoms with van der Waals surface area (Å²) in [6.07, 6.45) is 4.44. The summed E-state index contributed by atoms with van der Waals surface area (Å²) in [5.41, 5.74) is 3.84. The van der Waals surface area contributed by atoms with Crippen LogP contribution in [0.5, 0.6) is 0 Å².